The largest absolute Gasteiger partial charge is 0.395 e. The van der Waals surface area contributed by atoms with E-state index >= 15 is 0 Å². The van der Waals surface area contributed by atoms with Crippen molar-refractivity contribution in [3.8, 4) is 0 Å². The Hall–Kier alpha value is -1.14. The lowest BCUT2D eigenvalue weighted by Crippen LogP contribution is -2.44. The van der Waals surface area contributed by atoms with Gasteiger partial charge in [0, 0.05) is 25.7 Å². The Kier molecular flexibility index (Phi) is 5.95. The molecule has 0 unspecified atom stereocenters. The third-order valence-electron chi connectivity index (χ3n) is 3.90. The normalized spacial score (nSPS) is 18.2. The van der Waals surface area contributed by atoms with E-state index in [1.807, 2.05) is 0 Å². The Morgan fingerprint density at radius 1 is 1.25 bits per heavy atom. The summed E-state index contributed by atoms with van der Waals surface area (Å²) >= 11 is 0. The monoisotopic (exact) mass is 285 g/mol. The maximum Gasteiger partial charge on any atom is 0.325 e. The van der Waals surface area contributed by atoms with Crippen LogP contribution in [0.2, 0.25) is 0 Å². The smallest absolute Gasteiger partial charge is 0.325 e. The van der Waals surface area contributed by atoms with Gasteiger partial charge in [0.05, 0.1) is 6.61 Å². The summed E-state index contributed by atoms with van der Waals surface area (Å²) in [5.41, 5.74) is -0.812. The maximum absolute atomic E-state index is 12.1. The van der Waals surface area contributed by atoms with Crippen LogP contribution in [0.15, 0.2) is 0 Å². The number of nitrogens with zero attached hydrogens (tertiary/aromatic N) is 2. The highest BCUT2D eigenvalue weighted by Gasteiger charge is 2.44. The number of carbonyl (C=O) groups excluding carboxylic acids is 2. The van der Waals surface area contributed by atoms with Crippen LogP contribution in [-0.2, 0) is 4.79 Å². The summed E-state index contributed by atoms with van der Waals surface area (Å²) in [7, 11) is 0. The third kappa shape index (κ3) is 3.70. The molecule has 3 amide bonds. The molecule has 0 radical (unpaired) electrons. The molecule has 1 saturated heterocycles. The second kappa shape index (κ2) is 7.04. The van der Waals surface area contributed by atoms with Crippen molar-refractivity contribution >= 4 is 11.9 Å². The number of amides is 3. The van der Waals surface area contributed by atoms with Crippen LogP contribution in [0.5, 0.6) is 0 Å². The van der Waals surface area contributed by atoms with Gasteiger partial charge < -0.3 is 10.4 Å². The Labute approximate surface area is 121 Å². The first-order valence-corrected chi connectivity index (χ1v) is 7.36. The Morgan fingerprint density at radius 3 is 2.25 bits per heavy atom. The number of carbonyl (C=O) groups is 2. The molecule has 1 heterocycles. The predicted octanol–water partition coefficient (Wildman–Crippen LogP) is 0.800. The van der Waals surface area contributed by atoms with Crippen LogP contribution in [0.1, 0.15) is 40.5 Å². The van der Waals surface area contributed by atoms with Gasteiger partial charge in [-0.15, -0.1) is 0 Å². The van der Waals surface area contributed by atoms with Gasteiger partial charge in [-0.25, -0.2) is 4.79 Å². The van der Waals surface area contributed by atoms with Crippen molar-refractivity contribution in [2.24, 2.45) is 0 Å². The van der Waals surface area contributed by atoms with Crippen LogP contribution in [0.4, 0.5) is 4.79 Å². The van der Waals surface area contributed by atoms with Crippen LogP contribution < -0.4 is 5.32 Å². The van der Waals surface area contributed by atoms with Crippen LogP contribution in [0.3, 0.4) is 0 Å². The summed E-state index contributed by atoms with van der Waals surface area (Å²) < 4.78 is 0. The van der Waals surface area contributed by atoms with E-state index in [0.717, 1.165) is 12.8 Å². The number of nitrogens with one attached hydrogen (secondary N) is 1. The fourth-order valence-corrected chi connectivity index (χ4v) is 2.66. The van der Waals surface area contributed by atoms with E-state index in [4.69, 9.17) is 5.11 Å². The minimum atomic E-state index is -0.812. The molecule has 0 aromatic carbocycles. The summed E-state index contributed by atoms with van der Waals surface area (Å²) in [5.74, 6) is -0.184. The van der Waals surface area contributed by atoms with Gasteiger partial charge in [-0.05, 0) is 26.7 Å². The molecule has 0 aromatic heterocycles. The van der Waals surface area contributed by atoms with Crippen molar-refractivity contribution in [1.82, 2.24) is 15.1 Å². The van der Waals surface area contributed by atoms with Crippen molar-refractivity contribution in [1.29, 1.82) is 0 Å². The molecule has 1 aliphatic rings. The summed E-state index contributed by atoms with van der Waals surface area (Å²) in [6.45, 7) is 9.25. The van der Waals surface area contributed by atoms with Gasteiger partial charge in [-0.3, -0.25) is 14.6 Å². The lowest BCUT2D eigenvalue weighted by atomic mass is 10.1. The number of aliphatic hydroxyl groups is 1. The Bertz CT molecular complexity index is 354. The van der Waals surface area contributed by atoms with Crippen molar-refractivity contribution in [2.45, 2.75) is 52.1 Å². The van der Waals surface area contributed by atoms with Crippen molar-refractivity contribution in [2.75, 3.05) is 26.2 Å². The molecule has 6 nitrogen and oxygen atoms in total. The summed E-state index contributed by atoms with van der Waals surface area (Å²) in [6, 6.07) is 0.0458. The number of rotatable bonds is 8. The molecule has 6 heteroatoms. The van der Waals surface area contributed by atoms with Crippen LogP contribution >= 0.6 is 0 Å². The van der Waals surface area contributed by atoms with Gasteiger partial charge >= 0.3 is 6.03 Å². The van der Waals surface area contributed by atoms with E-state index < -0.39 is 5.54 Å². The minimum absolute atomic E-state index is 0.0855. The topological polar surface area (TPSA) is 72.9 Å². The molecule has 0 spiro atoms. The first-order valence-electron chi connectivity index (χ1n) is 7.36. The highest BCUT2D eigenvalue weighted by Crippen LogP contribution is 2.17. The molecule has 2 N–H and O–H groups in total. The van der Waals surface area contributed by atoms with Gasteiger partial charge in [0.1, 0.15) is 5.54 Å². The van der Waals surface area contributed by atoms with Gasteiger partial charge in [-0.2, -0.15) is 0 Å². The SMILES string of the molecule is CCC(CC)N(CCO)CCN1C(=O)NC(C)(C)C1=O. The highest BCUT2D eigenvalue weighted by atomic mass is 16.3. The minimum Gasteiger partial charge on any atom is -0.395 e. The third-order valence-corrected chi connectivity index (χ3v) is 3.90. The second-order valence-electron chi connectivity index (χ2n) is 5.74. The molecule has 20 heavy (non-hydrogen) atoms. The molecule has 1 fully saturated rings. The van der Waals surface area contributed by atoms with E-state index in [-0.39, 0.29) is 18.5 Å². The van der Waals surface area contributed by atoms with E-state index in [2.05, 4.69) is 24.1 Å². The molecular formula is C14H27N3O3. The first kappa shape index (κ1) is 16.9. The van der Waals surface area contributed by atoms with E-state index in [0.29, 0.717) is 25.7 Å². The highest BCUT2D eigenvalue weighted by molar-refractivity contribution is 6.06. The van der Waals surface area contributed by atoms with Gasteiger partial charge in [-0.1, -0.05) is 13.8 Å². The molecule has 1 aliphatic heterocycles. The molecule has 0 aromatic rings. The van der Waals surface area contributed by atoms with Crippen LogP contribution in [0.25, 0.3) is 0 Å². The Morgan fingerprint density at radius 2 is 1.85 bits per heavy atom. The van der Waals surface area contributed by atoms with E-state index in [1.54, 1.807) is 13.8 Å². The van der Waals surface area contributed by atoms with Crippen molar-refractivity contribution in [3.63, 3.8) is 0 Å². The summed E-state index contributed by atoms with van der Waals surface area (Å²) in [6.07, 6.45) is 1.98. The molecule has 0 bridgehead atoms. The molecule has 0 atom stereocenters. The van der Waals surface area contributed by atoms with Crippen LogP contribution in [0, 0.1) is 0 Å². The zero-order valence-corrected chi connectivity index (χ0v) is 13.0. The quantitative estimate of drug-likeness (QED) is 0.647. The molecule has 116 valence electrons. The maximum atomic E-state index is 12.1. The Balaban J connectivity index is 2.63. The fourth-order valence-electron chi connectivity index (χ4n) is 2.66. The van der Waals surface area contributed by atoms with Gasteiger partial charge in [0.25, 0.3) is 5.91 Å². The number of urea groups is 1. The van der Waals surface area contributed by atoms with Gasteiger partial charge in [0.2, 0.25) is 0 Å². The summed E-state index contributed by atoms with van der Waals surface area (Å²) in [5, 5.41) is 11.8. The molecule has 1 rings (SSSR count). The average molecular weight is 285 g/mol. The molecular weight excluding hydrogens is 258 g/mol. The van der Waals surface area contributed by atoms with E-state index in [9.17, 15) is 9.59 Å². The van der Waals surface area contributed by atoms with E-state index in [1.165, 1.54) is 4.90 Å². The number of imide groups is 1. The standard InChI is InChI=1S/C14H27N3O3/c1-5-11(6-2)16(9-10-18)7-8-17-12(19)14(3,4)15-13(17)20/h11,18H,5-10H2,1-4H3,(H,15,20). The fraction of sp³-hybridized carbons (Fsp3) is 0.857. The lowest BCUT2D eigenvalue weighted by molar-refractivity contribution is -0.130. The summed E-state index contributed by atoms with van der Waals surface area (Å²) in [4.78, 5) is 27.3. The lowest BCUT2D eigenvalue weighted by Gasteiger charge is -2.30. The second-order valence-corrected chi connectivity index (χ2v) is 5.74. The van der Waals surface area contributed by atoms with Crippen molar-refractivity contribution in [3.05, 3.63) is 0 Å². The van der Waals surface area contributed by atoms with Crippen molar-refractivity contribution < 1.29 is 14.7 Å². The number of aliphatic hydroxyl groups excluding tert-OH is 1. The predicted molar refractivity (Wildman–Crippen MR) is 77.4 cm³/mol. The molecule has 0 saturated carbocycles. The van der Waals surface area contributed by atoms with Gasteiger partial charge in [0.15, 0.2) is 0 Å². The zero-order chi connectivity index (χ0) is 15.3. The first-order chi connectivity index (χ1) is 9.37. The van der Waals surface area contributed by atoms with Crippen LogP contribution in [-0.4, -0.2) is 64.7 Å². The average Bonchev–Trinajstić information content (AvgIpc) is 2.57. The number of hydrogen-bond acceptors (Lipinski definition) is 4. The zero-order valence-electron chi connectivity index (χ0n) is 13.0. The number of hydrogen-bond donors (Lipinski definition) is 2. The molecule has 0 aliphatic carbocycles.